The second-order valence-corrected chi connectivity index (χ2v) is 3.71. The average molecular weight is 205 g/mol. The van der Waals surface area contributed by atoms with Gasteiger partial charge in [-0.3, -0.25) is 4.79 Å². The number of fused-ring (bicyclic) bond motifs is 1. The van der Waals surface area contributed by atoms with E-state index in [1.807, 2.05) is 30.1 Å². The molecule has 2 rings (SSSR count). The molecule has 0 fully saturated rings. The van der Waals surface area contributed by atoms with Crippen LogP contribution in [0.3, 0.4) is 0 Å². The molecule has 1 aromatic carbocycles. The normalized spacial score (nSPS) is 14.5. The smallest absolute Gasteiger partial charge is 0.231 e. The van der Waals surface area contributed by atoms with Gasteiger partial charge >= 0.3 is 0 Å². The fourth-order valence-electron chi connectivity index (χ4n) is 1.87. The molecule has 0 radical (unpaired) electrons. The number of nitrogen functional groups attached to an aromatic ring is 1. The highest BCUT2D eigenvalue weighted by atomic mass is 16.2. The van der Waals surface area contributed by atoms with Gasteiger partial charge in [-0.05, 0) is 30.8 Å². The third kappa shape index (κ3) is 1.80. The van der Waals surface area contributed by atoms with Gasteiger partial charge in [-0.15, -0.1) is 0 Å². The van der Waals surface area contributed by atoms with Crippen LogP contribution < -0.4 is 16.0 Å². The molecule has 80 valence electrons. The van der Waals surface area contributed by atoms with Crippen LogP contribution in [0, 0.1) is 0 Å². The van der Waals surface area contributed by atoms with Crippen molar-refractivity contribution in [2.45, 2.75) is 6.42 Å². The highest BCUT2D eigenvalue weighted by Crippen LogP contribution is 2.29. The van der Waals surface area contributed by atoms with E-state index in [1.54, 1.807) is 0 Å². The molecule has 0 bridgehead atoms. The standard InChI is InChI=1S/C11H15N3O/c1-13-4-5-14-10-3-2-9(12)6-8(10)7-11(14)15/h2-3,6,13H,4-5,7,12H2,1H3. The Labute approximate surface area is 89.1 Å². The van der Waals surface area contributed by atoms with Crippen molar-refractivity contribution < 1.29 is 4.79 Å². The number of carbonyl (C=O) groups is 1. The number of benzene rings is 1. The van der Waals surface area contributed by atoms with Crippen molar-refractivity contribution in [2.75, 3.05) is 30.8 Å². The molecule has 0 saturated carbocycles. The molecular weight excluding hydrogens is 190 g/mol. The van der Waals surface area contributed by atoms with Gasteiger partial charge in [0.15, 0.2) is 0 Å². The van der Waals surface area contributed by atoms with E-state index in [0.717, 1.165) is 23.5 Å². The number of likely N-dealkylation sites (N-methyl/N-ethyl adjacent to an activating group) is 1. The second-order valence-electron chi connectivity index (χ2n) is 3.71. The molecule has 0 aliphatic carbocycles. The predicted molar refractivity (Wildman–Crippen MR) is 60.8 cm³/mol. The molecule has 0 atom stereocenters. The van der Waals surface area contributed by atoms with Gasteiger partial charge < -0.3 is 16.0 Å². The lowest BCUT2D eigenvalue weighted by Crippen LogP contribution is -2.33. The zero-order chi connectivity index (χ0) is 10.8. The zero-order valence-electron chi connectivity index (χ0n) is 8.79. The molecule has 1 aliphatic heterocycles. The van der Waals surface area contributed by atoms with Gasteiger partial charge in [-0.25, -0.2) is 0 Å². The van der Waals surface area contributed by atoms with Gasteiger partial charge in [0.25, 0.3) is 0 Å². The van der Waals surface area contributed by atoms with Crippen molar-refractivity contribution >= 4 is 17.3 Å². The number of hydrogen-bond donors (Lipinski definition) is 2. The van der Waals surface area contributed by atoms with Crippen LogP contribution in [0.5, 0.6) is 0 Å². The van der Waals surface area contributed by atoms with Crippen LogP contribution in [0.2, 0.25) is 0 Å². The molecule has 3 N–H and O–H groups in total. The van der Waals surface area contributed by atoms with E-state index in [1.165, 1.54) is 0 Å². The molecular formula is C11H15N3O. The van der Waals surface area contributed by atoms with Crippen LogP contribution in [-0.2, 0) is 11.2 Å². The summed E-state index contributed by atoms with van der Waals surface area (Å²) in [5.74, 6) is 0.158. The summed E-state index contributed by atoms with van der Waals surface area (Å²) in [4.78, 5) is 13.5. The Balaban J connectivity index is 2.25. The lowest BCUT2D eigenvalue weighted by Gasteiger charge is -2.17. The fraction of sp³-hybridized carbons (Fsp3) is 0.364. The number of amides is 1. The van der Waals surface area contributed by atoms with Crippen molar-refractivity contribution in [2.24, 2.45) is 0 Å². The Morgan fingerprint density at radius 2 is 2.33 bits per heavy atom. The van der Waals surface area contributed by atoms with E-state index in [9.17, 15) is 4.79 Å². The van der Waals surface area contributed by atoms with Crippen LogP contribution in [0.15, 0.2) is 18.2 Å². The minimum Gasteiger partial charge on any atom is -0.399 e. The molecule has 0 aromatic heterocycles. The first-order chi connectivity index (χ1) is 7.22. The molecule has 1 amide bonds. The largest absolute Gasteiger partial charge is 0.399 e. The van der Waals surface area contributed by atoms with Crippen molar-refractivity contribution in [3.8, 4) is 0 Å². The quantitative estimate of drug-likeness (QED) is 0.701. The lowest BCUT2D eigenvalue weighted by molar-refractivity contribution is -0.117. The second kappa shape index (κ2) is 3.90. The average Bonchev–Trinajstić information content (AvgIpc) is 2.50. The number of hydrogen-bond acceptors (Lipinski definition) is 3. The summed E-state index contributed by atoms with van der Waals surface area (Å²) >= 11 is 0. The van der Waals surface area contributed by atoms with E-state index in [0.29, 0.717) is 13.0 Å². The Kier molecular flexibility index (Phi) is 2.60. The van der Waals surface area contributed by atoms with Crippen LogP contribution in [0.25, 0.3) is 0 Å². The minimum absolute atomic E-state index is 0.158. The van der Waals surface area contributed by atoms with Crippen LogP contribution in [0.1, 0.15) is 5.56 Å². The number of nitrogens with one attached hydrogen (secondary N) is 1. The summed E-state index contributed by atoms with van der Waals surface area (Å²) in [5.41, 5.74) is 8.44. The molecule has 0 unspecified atom stereocenters. The maximum Gasteiger partial charge on any atom is 0.231 e. The van der Waals surface area contributed by atoms with Crippen LogP contribution in [0.4, 0.5) is 11.4 Å². The van der Waals surface area contributed by atoms with Crippen LogP contribution >= 0.6 is 0 Å². The van der Waals surface area contributed by atoms with Crippen molar-refractivity contribution in [1.29, 1.82) is 0 Å². The molecule has 0 spiro atoms. The third-order valence-electron chi connectivity index (χ3n) is 2.62. The molecule has 15 heavy (non-hydrogen) atoms. The highest BCUT2D eigenvalue weighted by molar-refractivity contribution is 6.01. The van der Waals surface area contributed by atoms with E-state index >= 15 is 0 Å². The van der Waals surface area contributed by atoms with E-state index in [4.69, 9.17) is 5.73 Å². The predicted octanol–water partition coefficient (Wildman–Crippen LogP) is 0.377. The number of anilines is 2. The van der Waals surface area contributed by atoms with Crippen molar-refractivity contribution in [1.82, 2.24) is 5.32 Å². The van der Waals surface area contributed by atoms with E-state index in [2.05, 4.69) is 5.32 Å². The van der Waals surface area contributed by atoms with Gasteiger partial charge in [0.05, 0.1) is 6.42 Å². The molecule has 4 heteroatoms. The number of nitrogens with two attached hydrogens (primary N) is 1. The van der Waals surface area contributed by atoms with E-state index < -0.39 is 0 Å². The summed E-state index contributed by atoms with van der Waals surface area (Å²) in [6, 6.07) is 5.64. The Hall–Kier alpha value is -1.55. The summed E-state index contributed by atoms with van der Waals surface area (Å²) in [5, 5.41) is 3.04. The Morgan fingerprint density at radius 3 is 3.07 bits per heavy atom. The monoisotopic (exact) mass is 205 g/mol. The molecule has 1 aliphatic rings. The van der Waals surface area contributed by atoms with E-state index in [-0.39, 0.29) is 5.91 Å². The highest BCUT2D eigenvalue weighted by Gasteiger charge is 2.26. The van der Waals surface area contributed by atoms with Gasteiger partial charge in [0.1, 0.15) is 0 Å². The van der Waals surface area contributed by atoms with Crippen molar-refractivity contribution in [3.05, 3.63) is 23.8 Å². The first kappa shape index (κ1) is 9.98. The number of carbonyl (C=O) groups excluding carboxylic acids is 1. The fourth-order valence-corrected chi connectivity index (χ4v) is 1.87. The lowest BCUT2D eigenvalue weighted by atomic mass is 10.1. The van der Waals surface area contributed by atoms with Gasteiger partial charge in [0.2, 0.25) is 5.91 Å². The van der Waals surface area contributed by atoms with Gasteiger partial charge in [-0.2, -0.15) is 0 Å². The maximum atomic E-state index is 11.7. The molecule has 4 nitrogen and oxygen atoms in total. The third-order valence-corrected chi connectivity index (χ3v) is 2.62. The Bertz CT molecular complexity index is 389. The maximum absolute atomic E-state index is 11.7. The zero-order valence-corrected chi connectivity index (χ0v) is 8.79. The van der Waals surface area contributed by atoms with Crippen molar-refractivity contribution in [3.63, 3.8) is 0 Å². The first-order valence-electron chi connectivity index (χ1n) is 5.05. The SMILES string of the molecule is CNCCN1C(=O)Cc2cc(N)ccc21. The van der Waals surface area contributed by atoms with Crippen LogP contribution in [-0.4, -0.2) is 26.0 Å². The number of nitrogens with zero attached hydrogens (tertiary/aromatic N) is 1. The topological polar surface area (TPSA) is 58.4 Å². The number of rotatable bonds is 3. The molecule has 1 heterocycles. The summed E-state index contributed by atoms with van der Waals surface area (Å²) < 4.78 is 0. The minimum atomic E-state index is 0.158. The summed E-state index contributed by atoms with van der Waals surface area (Å²) in [6.07, 6.45) is 0.476. The van der Waals surface area contributed by atoms with Gasteiger partial charge in [0, 0.05) is 24.5 Å². The first-order valence-corrected chi connectivity index (χ1v) is 5.05. The molecule has 0 saturated heterocycles. The summed E-state index contributed by atoms with van der Waals surface area (Å²) in [6.45, 7) is 1.52. The molecule has 1 aromatic rings. The van der Waals surface area contributed by atoms with Gasteiger partial charge in [-0.1, -0.05) is 0 Å². The summed E-state index contributed by atoms with van der Waals surface area (Å²) in [7, 11) is 1.88. The Morgan fingerprint density at radius 1 is 1.53 bits per heavy atom.